The topological polar surface area (TPSA) is 47.3 Å². The van der Waals surface area contributed by atoms with E-state index in [-0.39, 0.29) is 6.10 Å². The molecular weight excluding hydrogens is 164 g/mol. The first-order valence-electron chi connectivity index (χ1n) is 5.10. The second-order valence-corrected chi connectivity index (χ2v) is 3.71. The molecule has 3 heteroatoms. The third-order valence-corrected chi connectivity index (χ3v) is 2.49. The maximum absolute atomic E-state index is 9.39. The molecule has 1 aliphatic heterocycles. The predicted octanol–water partition coefficient (Wildman–Crippen LogP) is 1.14. The van der Waals surface area contributed by atoms with E-state index in [9.17, 15) is 5.11 Å². The van der Waals surface area contributed by atoms with Crippen LogP contribution in [-0.4, -0.2) is 35.7 Å². The van der Waals surface area contributed by atoms with E-state index < -0.39 is 0 Å². The van der Waals surface area contributed by atoms with Crippen molar-refractivity contribution < 1.29 is 5.11 Å². The van der Waals surface area contributed by atoms with E-state index in [0.717, 1.165) is 45.3 Å². The van der Waals surface area contributed by atoms with Crippen LogP contribution in [0.25, 0.3) is 0 Å². The number of β-amino-alcohol motifs (C(OH)–C–C–N with tert-alkyl or cyclic N) is 1. The third-order valence-electron chi connectivity index (χ3n) is 2.49. The Bertz CT molecular complexity index is 176. The fourth-order valence-corrected chi connectivity index (χ4v) is 1.77. The monoisotopic (exact) mass is 182 g/mol. The molecule has 0 saturated carbocycles. The van der Waals surface area contributed by atoms with Gasteiger partial charge in [0.25, 0.3) is 0 Å². The lowest BCUT2D eigenvalue weighted by Crippen LogP contribution is -2.38. The molecule has 0 bridgehead atoms. The summed E-state index contributed by atoms with van der Waals surface area (Å²) in [4.78, 5) is 2.30. The summed E-state index contributed by atoms with van der Waals surface area (Å²) < 4.78 is 0. The standard InChI is InChI=1S/C10H18N2O/c11-6-2-1-3-7-12-8-4-5-10(13)9-12/h10,13H,1-5,7-9H2/t10-/m1/s1. The number of aliphatic hydroxyl groups is 1. The first-order valence-corrected chi connectivity index (χ1v) is 5.10. The van der Waals surface area contributed by atoms with Crippen molar-refractivity contribution in [2.75, 3.05) is 19.6 Å². The van der Waals surface area contributed by atoms with Crippen LogP contribution in [-0.2, 0) is 0 Å². The van der Waals surface area contributed by atoms with Gasteiger partial charge in [0, 0.05) is 13.0 Å². The molecule has 1 fully saturated rings. The highest BCUT2D eigenvalue weighted by atomic mass is 16.3. The number of aliphatic hydroxyl groups excluding tert-OH is 1. The third kappa shape index (κ3) is 4.25. The van der Waals surface area contributed by atoms with Gasteiger partial charge in [-0.15, -0.1) is 0 Å². The Morgan fingerprint density at radius 3 is 3.00 bits per heavy atom. The smallest absolute Gasteiger partial charge is 0.0667 e. The van der Waals surface area contributed by atoms with Gasteiger partial charge in [-0.3, -0.25) is 0 Å². The maximum Gasteiger partial charge on any atom is 0.0667 e. The van der Waals surface area contributed by atoms with Crippen molar-refractivity contribution in [2.24, 2.45) is 0 Å². The molecule has 1 heterocycles. The summed E-state index contributed by atoms with van der Waals surface area (Å²) in [5.41, 5.74) is 0. The van der Waals surface area contributed by atoms with Gasteiger partial charge in [0.05, 0.1) is 12.2 Å². The first-order chi connectivity index (χ1) is 6.33. The second kappa shape index (κ2) is 5.95. The van der Waals surface area contributed by atoms with Crippen molar-refractivity contribution >= 4 is 0 Å². The zero-order valence-electron chi connectivity index (χ0n) is 8.08. The number of hydrogen-bond donors (Lipinski definition) is 1. The zero-order valence-corrected chi connectivity index (χ0v) is 8.08. The summed E-state index contributed by atoms with van der Waals surface area (Å²) in [6.07, 6.45) is 4.68. The molecule has 0 radical (unpaired) electrons. The molecule has 1 rings (SSSR count). The van der Waals surface area contributed by atoms with Crippen LogP contribution in [0.4, 0.5) is 0 Å². The summed E-state index contributed by atoms with van der Waals surface area (Å²) >= 11 is 0. The highest BCUT2D eigenvalue weighted by Gasteiger charge is 2.16. The molecule has 0 aliphatic carbocycles. The number of rotatable bonds is 4. The van der Waals surface area contributed by atoms with Gasteiger partial charge in [0.1, 0.15) is 0 Å². The molecule has 1 saturated heterocycles. The van der Waals surface area contributed by atoms with Crippen molar-refractivity contribution in [3.63, 3.8) is 0 Å². The van der Waals surface area contributed by atoms with Crippen LogP contribution in [0.15, 0.2) is 0 Å². The second-order valence-electron chi connectivity index (χ2n) is 3.71. The average molecular weight is 182 g/mol. The molecule has 13 heavy (non-hydrogen) atoms. The Morgan fingerprint density at radius 1 is 1.46 bits per heavy atom. The minimum atomic E-state index is -0.121. The first kappa shape index (κ1) is 10.5. The molecule has 74 valence electrons. The molecule has 1 aliphatic rings. The highest BCUT2D eigenvalue weighted by Crippen LogP contribution is 2.10. The van der Waals surface area contributed by atoms with Crippen molar-refractivity contribution in [1.29, 1.82) is 5.26 Å². The number of hydrogen-bond acceptors (Lipinski definition) is 3. The number of piperidine rings is 1. The number of likely N-dealkylation sites (tertiary alicyclic amines) is 1. The van der Waals surface area contributed by atoms with Gasteiger partial charge in [-0.2, -0.15) is 5.26 Å². The molecule has 0 spiro atoms. The van der Waals surface area contributed by atoms with Gasteiger partial charge < -0.3 is 10.0 Å². The van der Waals surface area contributed by atoms with Crippen LogP contribution in [0.2, 0.25) is 0 Å². The van der Waals surface area contributed by atoms with Crippen molar-refractivity contribution in [2.45, 2.75) is 38.2 Å². The summed E-state index contributed by atoms with van der Waals surface area (Å²) in [7, 11) is 0. The number of unbranched alkanes of at least 4 members (excludes halogenated alkanes) is 2. The molecule has 1 N–H and O–H groups in total. The quantitative estimate of drug-likeness (QED) is 0.663. The lowest BCUT2D eigenvalue weighted by molar-refractivity contribution is 0.0699. The fraction of sp³-hybridized carbons (Fsp3) is 0.900. The van der Waals surface area contributed by atoms with E-state index in [1.165, 1.54) is 0 Å². The number of nitrogens with zero attached hydrogens (tertiary/aromatic N) is 2. The Labute approximate surface area is 80.0 Å². The molecule has 0 aromatic rings. The van der Waals surface area contributed by atoms with Crippen LogP contribution in [0.3, 0.4) is 0 Å². The normalized spacial score (nSPS) is 24.2. The molecular formula is C10H18N2O. The van der Waals surface area contributed by atoms with Gasteiger partial charge in [-0.05, 0) is 38.8 Å². The van der Waals surface area contributed by atoms with E-state index in [1.54, 1.807) is 0 Å². The largest absolute Gasteiger partial charge is 0.392 e. The maximum atomic E-state index is 9.39. The summed E-state index contributed by atoms with van der Waals surface area (Å²) in [6, 6.07) is 2.15. The Hall–Kier alpha value is -0.590. The number of nitriles is 1. The van der Waals surface area contributed by atoms with Gasteiger partial charge >= 0.3 is 0 Å². The molecule has 3 nitrogen and oxygen atoms in total. The minimum absolute atomic E-state index is 0.121. The molecule has 0 unspecified atom stereocenters. The lowest BCUT2D eigenvalue weighted by atomic mass is 10.1. The summed E-state index contributed by atoms with van der Waals surface area (Å²) in [6.45, 7) is 2.98. The van der Waals surface area contributed by atoms with E-state index in [0.29, 0.717) is 6.42 Å². The average Bonchev–Trinajstić information content (AvgIpc) is 2.13. The van der Waals surface area contributed by atoms with Crippen LogP contribution < -0.4 is 0 Å². The summed E-state index contributed by atoms with van der Waals surface area (Å²) in [5.74, 6) is 0. The van der Waals surface area contributed by atoms with Crippen LogP contribution in [0.1, 0.15) is 32.1 Å². The van der Waals surface area contributed by atoms with Crippen LogP contribution in [0.5, 0.6) is 0 Å². The predicted molar refractivity (Wildman–Crippen MR) is 51.1 cm³/mol. The van der Waals surface area contributed by atoms with Gasteiger partial charge in [0.15, 0.2) is 0 Å². The minimum Gasteiger partial charge on any atom is -0.392 e. The Kier molecular flexibility index (Phi) is 4.81. The lowest BCUT2D eigenvalue weighted by Gasteiger charge is -2.29. The van der Waals surface area contributed by atoms with Gasteiger partial charge in [0.2, 0.25) is 0 Å². The van der Waals surface area contributed by atoms with Crippen LogP contribution >= 0.6 is 0 Å². The van der Waals surface area contributed by atoms with E-state index in [2.05, 4.69) is 11.0 Å². The molecule has 1 atom stereocenters. The van der Waals surface area contributed by atoms with Crippen molar-refractivity contribution in [3.05, 3.63) is 0 Å². The highest BCUT2D eigenvalue weighted by molar-refractivity contribution is 4.73. The van der Waals surface area contributed by atoms with E-state index in [1.807, 2.05) is 0 Å². The van der Waals surface area contributed by atoms with Crippen LogP contribution in [0, 0.1) is 11.3 Å². The molecule has 0 aromatic carbocycles. The Morgan fingerprint density at radius 2 is 2.31 bits per heavy atom. The molecule has 0 amide bonds. The SMILES string of the molecule is N#CCCCCN1CCC[C@@H](O)C1. The van der Waals surface area contributed by atoms with Gasteiger partial charge in [-0.1, -0.05) is 0 Å². The van der Waals surface area contributed by atoms with Crippen molar-refractivity contribution in [1.82, 2.24) is 4.90 Å². The zero-order chi connectivity index (χ0) is 9.52. The van der Waals surface area contributed by atoms with Gasteiger partial charge in [-0.25, -0.2) is 0 Å². The fourth-order valence-electron chi connectivity index (χ4n) is 1.77. The van der Waals surface area contributed by atoms with E-state index in [4.69, 9.17) is 5.26 Å². The van der Waals surface area contributed by atoms with Crippen molar-refractivity contribution in [3.8, 4) is 6.07 Å². The summed E-state index contributed by atoms with van der Waals surface area (Å²) in [5, 5.41) is 17.7. The Balaban J connectivity index is 2.04. The van der Waals surface area contributed by atoms with E-state index >= 15 is 0 Å². The molecule has 0 aromatic heterocycles.